The van der Waals surface area contributed by atoms with Crippen LogP contribution in [-0.4, -0.2) is 25.0 Å². The van der Waals surface area contributed by atoms with Gasteiger partial charge in [-0.25, -0.2) is 0 Å². The van der Waals surface area contributed by atoms with E-state index in [2.05, 4.69) is 32.6 Å². The van der Waals surface area contributed by atoms with Crippen molar-refractivity contribution in [3.8, 4) is 0 Å². The molecule has 1 atom stereocenters. The maximum Gasteiger partial charge on any atom is 0.221 e. The minimum atomic E-state index is 0. The Morgan fingerprint density at radius 3 is 3.00 bits per heavy atom. The van der Waals surface area contributed by atoms with Crippen molar-refractivity contribution in [1.29, 1.82) is 0 Å². The number of thiophene rings is 1. The van der Waals surface area contributed by atoms with Crippen LogP contribution in [0.5, 0.6) is 0 Å². The molecule has 1 aliphatic heterocycles. The monoisotopic (exact) mass is 352 g/mol. The molecule has 2 N–H and O–H groups in total. The highest BCUT2D eigenvalue weighted by atomic mass is 79.9. The summed E-state index contributed by atoms with van der Waals surface area (Å²) in [5.74, 6) is 0.167. The molecule has 0 radical (unpaired) electrons. The van der Waals surface area contributed by atoms with Gasteiger partial charge in [-0.2, -0.15) is 0 Å². The molecule has 6 heteroatoms. The second kappa shape index (κ2) is 8.15. The Kier molecular flexibility index (Phi) is 7.22. The number of rotatable bonds is 5. The van der Waals surface area contributed by atoms with Gasteiger partial charge in [-0.1, -0.05) is 0 Å². The second-order valence-electron chi connectivity index (χ2n) is 4.30. The van der Waals surface area contributed by atoms with Gasteiger partial charge in [0.1, 0.15) is 0 Å². The van der Waals surface area contributed by atoms with Crippen LogP contribution in [0, 0.1) is 0 Å². The molecule has 2 rings (SSSR count). The van der Waals surface area contributed by atoms with E-state index in [1.807, 2.05) is 6.07 Å². The maximum absolute atomic E-state index is 11.6. The topological polar surface area (TPSA) is 41.1 Å². The van der Waals surface area contributed by atoms with E-state index in [4.69, 9.17) is 0 Å². The van der Waals surface area contributed by atoms with E-state index in [9.17, 15) is 4.79 Å². The summed E-state index contributed by atoms with van der Waals surface area (Å²) in [6, 6.07) is 4.54. The zero-order valence-corrected chi connectivity index (χ0v) is 13.3. The zero-order valence-electron chi connectivity index (χ0n) is 10.1. The second-order valence-corrected chi connectivity index (χ2v) is 6.85. The Bertz CT molecular complexity index is 380. The quantitative estimate of drug-likeness (QED) is 0.854. The number of amides is 1. The highest BCUT2D eigenvalue weighted by Gasteiger charge is 2.17. The molecule has 0 aromatic carbocycles. The van der Waals surface area contributed by atoms with Crippen LogP contribution >= 0.6 is 39.7 Å². The predicted molar refractivity (Wildman–Crippen MR) is 81.6 cm³/mol. The average molecular weight is 354 g/mol. The molecule has 102 valence electrons. The zero-order chi connectivity index (χ0) is 12.1. The number of carbonyl (C=O) groups is 1. The molecule has 2 heterocycles. The van der Waals surface area contributed by atoms with E-state index in [0.29, 0.717) is 12.5 Å². The lowest BCUT2D eigenvalue weighted by Gasteiger charge is -2.09. The van der Waals surface area contributed by atoms with Crippen LogP contribution in [0.25, 0.3) is 0 Å². The van der Waals surface area contributed by atoms with Gasteiger partial charge in [-0.3, -0.25) is 4.79 Å². The molecule has 0 aliphatic carbocycles. The fourth-order valence-electron chi connectivity index (χ4n) is 2.04. The van der Waals surface area contributed by atoms with Gasteiger partial charge in [0.2, 0.25) is 5.91 Å². The third kappa shape index (κ3) is 5.26. The van der Waals surface area contributed by atoms with Gasteiger partial charge in [-0.15, -0.1) is 23.7 Å². The molecule has 18 heavy (non-hydrogen) atoms. The van der Waals surface area contributed by atoms with Gasteiger partial charge < -0.3 is 10.6 Å². The van der Waals surface area contributed by atoms with E-state index in [1.165, 1.54) is 11.3 Å². The lowest BCUT2D eigenvalue weighted by atomic mass is 10.1. The number of nitrogens with one attached hydrogen (secondary N) is 2. The van der Waals surface area contributed by atoms with Crippen LogP contribution in [0.1, 0.15) is 24.1 Å². The molecule has 1 fully saturated rings. The van der Waals surface area contributed by atoms with E-state index in [1.54, 1.807) is 11.3 Å². The van der Waals surface area contributed by atoms with Crippen molar-refractivity contribution in [2.45, 2.75) is 31.7 Å². The molecule has 3 nitrogen and oxygen atoms in total. The van der Waals surface area contributed by atoms with Gasteiger partial charge in [0.05, 0.1) is 3.79 Å². The van der Waals surface area contributed by atoms with Crippen LogP contribution in [0.4, 0.5) is 0 Å². The van der Waals surface area contributed by atoms with Crippen LogP contribution in [-0.2, 0) is 11.2 Å². The third-order valence-electron chi connectivity index (χ3n) is 2.92. The van der Waals surface area contributed by atoms with E-state index in [-0.39, 0.29) is 18.3 Å². The lowest BCUT2D eigenvalue weighted by molar-refractivity contribution is -0.121. The fourth-order valence-corrected chi connectivity index (χ4v) is 3.52. The Morgan fingerprint density at radius 2 is 2.39 bits per heavy atom. The SMILES string of the molecule is Cl.O=C(CC1CCCN1)NCCc1ccc(Br)s1. The molecule has 1 saturated heterocycles. The van der Waals surface area contributed by atoms with Gasteiger partial charge in [0.25, 0.3) is 0 Å². The molecule has 1 aromatic heterocycles. The largest absolute Gasteiger partial charge is 0.356 e. The number of hydrogen-bond acceptors (Lipinski definition) is 3. The van der Waals surface area contributed by atoms with Gasteiger partial charge in [0.15, 0.2) is 0 Å². The molecular weight excluding hydrogens is 336 g/mol. The van der Waals surface area contributed by atoms with E-state index >= 15 is 0 Å². The first-order valence-corrected chi connectivity index (χ1v) is 7.59. The molecule has 0 bridgehead atoms. The first kappa shape index (κ1) is 16.0. The van der Waals surface area contributed by atoms with Crippen molar-refractivity contribution >= 4 is 45.6 Å². The molecule has 1 aliphatic rings. The average Bonchev–Trinajstić information content (AvgIpc) is 2.90. The van der Waals surface area contributed by atoms with Gasteiger partial charge in [-0.05, 0) is 53.9 Å². The van der Waals surface area contributed by atoms with E-state index in [0.717, 1.165) is 29.7 Å². The summed E-state index contributed by atoms with van der Waals surface area (Å²) in [6.45, 7) is 1.79. The summed E-state index contributed by atoms with van der Waals surface area (Å²) in [5.41, 5.74) is 0. The Morgan fingerprint density at radius 1 is 1.56 bits per heavy atom. The highest BCUT2D eigenvalue weighted by Crippen LogP contribution is 2.22. The van der Waals surface area contributed by atoms with Crippen molar-refractivity contribution in [1.82, 2.24) is 10.6 Å². The molecule has 1 unspecified atom stereocenters. The van der Waals surface area contributed by atoms with Crippen LogP contribution in [0.3, 0.4) is 0 Å². The summed E-state index contributed by atoms with van der Waals surface area (Å²) in [4.78, 5) is 12.9. The highest BCUT2D eigenvalue weighted by molar-refractivity contribution is 9.11. The first-order valence-electron chi connectivity index (χ1n) is 5.98. The molecule has 0 saturated carbocycles. The first-order chi connectivity index (χ1) is 8.24. The van der Waals surface area contributed by atoms with Crippen LogP contribution in [0.2, 0.25) is 0 Å². The summed E-state index contributed by atoms with van der Waals surface area (Å²) < 4.78 is 1.15. The molecule has 0 spiro atoms. The summed E-state index contributed by atoms with van der Waals surface area (Å²) in [6.07, 6.45) is 3.86. The standard InChI is InChI=1S/C12H17BrN2OS.ClH/c13-11-4-3-10(17-11)5-7-15-12(16)8-9-2-1-6-14-9;/h3-4,9,14H,1-2,5-8H2,(H,15,16);1H. The summed E-state index contributed by atoms with van der Waals surface area (Å²) >= 11 is 5.16. The lowest BCUT2D eigenvalue weighted by Crippen LogP contribution is -2.32. The smallest absolute Gasteiger partial charge is 0.221 e. The molecule has 1 amide bonds. The number of hydrogen-bond donors (Lipinski definition) is 2. The minimum absolute atomic E-state index is 0. The molecule has 1 aromatic rings. The van der Waals surface area contributed by atoms with Crippen molar-refractivity contribution < 1.29 is 4.79 Å². The Hall–Kier alpha value is -0.100. The third-order valence-corrected chi connectivity index (χ3v) is 4.60. The van der Waals surface area contributed by atoms with Crippen LogP contribution in [0.15, 0.2) is 15.9 Å². The number of halogens is 2. The Labute approximate surface area is 126 Å². The Balaban J connectivity index is 0.00000162. The van der Waals surface area contributed by atoms with Crippen molar-refractivity contribution in [3.05, 3.63) is 20.8 Å². The molecular formula is C12H18BrClN2OS. The van der Waals surface area contributed by atoms with Gasteiger partial charge in [0, 0.05) is 23.9 Å². The predicted octanol–water partition coefficient (Wildman–Crippen LogP) is 2.73. The van der Waals surface area contributed by atoms with Crippen molar-refractivity contribution in [2.75, 3.05) is 13.1 Å². The fraction of sp³-hybridized carbons (Fsp3) is 0.583. The summed E-state index contributed by atoms with van der Waals surface area (Å²) in [7, 11) is 0. The number of carbonyl (C=O) groups excluding carboxylic acids is 1. The van der Waals surface area contributed by atoms with Gasteiger partial charge >= 0.3 is 0 Å². The van der Waals surface area contributed by atoms with Crippen molar-refractivity contribution in [3.63, 3.8) is 0 Å². The minimum Gasteiger partial charge on any atom is -0.356 e. The normalized spacial score (nSPS) is 18.4. The van der Waals surface area contributed by atoms with E-state index < -0.39 is 0 Å². The summed E-state index contributed by atoms with van der Waals surface area (Å²) in [5, 5.41) is 6.31. The van der Waals surface area contributed by atoms with Crippen molar-refractivity contribution in [2.24, 2.45) is 0 Å². The van der Waals surface area contributed by atoms with Crippen LogP contribution < -0.4 is 10.6 Å². The maximum atomic E-state index is 11.6.